The van der Waals surface area contributed by atoms with Crippen LogP contribution >= 0.6 is 0 Å². The first-order chi connectivity index (χ1) is 10.4. The molecule has 2 unspecified atom stereocenters. The number of carbonyl (C=O) groups excluding carboxylic acids is 2. The van der Waals surface area contributed by atoms with Crippen molar-refractivity contribution < 1.29 is 14.3 Å². The Morgan fingerprint density at radius 1 is 1.45 bits per heavy atom. The van der Waals surface area contributed by atoms with Crippen molar-refractivity contribution in [1.82, 2.24) is 4.90 Å². The zero-order chi connectivity index (χ0) is 16.3. The summed E-state index contributed by atoms with van der Waals surface area (Å²) in [5, 5.41) is 2.96. The molecule has 0 aromatic heterocycles. The molecule has 1 saturated heterocycles. The van der Waals surface area contributed by atoms with Crippen molar-refractivity contribution in [2.45, 2.75) is 33.2 Å². The van der Waals surface area contributed by atoms with E-state index < -0.39 is 0 Å². The van der Waals surface area contributed by atoms with Gasteiger partial charge in [-0.2, -0.15) is 0 Å². The second-order valence-corrected chi connectivity index (χ2v) is 6.06. The molecule has 120 valence electrons. The second-order valence-electron chi connectivity index (χ2n) is 6.06. The van der Waals surface area contributed by atoms with Crippen LogP contribution in [-0.4, -0.2) is 43.0 Å². The Morgan fingerprint density at radius 3 is 2.86 bits per heavy atom. The van der Waals surface area contributed by atoms with Gasteiger partial charge >= 0.3 is 0 Å². The highest BCUT2D eigenvalue weighted by Crippen LogP contribution is 2.23. The Morgan fingerprint density at radius 2 is 2.18 bits per heavy atom. The van der Waals surface area contributed by atoms with Crippen molar-refractivity contribution in [2.75, 3.05) is 25.6 Å². The third-order valence-corrected chi connectivity index (χ3v) is 4.12. The fourth-order valence-corrected chi connectivity index (χ4v) is 2.77. The van der Waals surface area contributed by atoms with E-state index in [9.17, 15) is 9.59 Å². The first-order valence-corrected chi connectivity index (χ1v) is 7.59. The van der Waals surface area contributed by atoms with E-state index in [1.807, 2.05) is 39.0 Å². The minimum Gasteiger partial charge on any atom is -0.383 e. The van der Waals surface area contributed by atoms with Gasteiger partial charge in [0.05, 0.1) is 18.6 Å². The number of likely N-dealkylation sites (tertiary alicyclic amines) is 1. The predicted octanol–water partition coefficient (Wildman–Crippen LogP) is 2.13. The first kappa shape index (κ1) is 16.5. The van der Waals surface area contributed by atoms with E-state index in [1.54, 1.807) is 12.0 Å². The number of anilines is 1. The minimum atomic E-state index is -0.299. The Labute approximate surface area is 131 Å². The van der Waals surface area contributed by atoms with Gasteiger partial charge in [0.25, 0.3) is 0 Å². The van der Waals surface area contributed by atoms with E-state index in [4.69, 9.17) is 4.74 Å². The average molecular weight is 304 g/mol. The Kier molecular flexibility index (Phi) is 5.19. The molecule has 0 aliphatic carbocycles. The highest BCUT2D eigenvalue weighted by molar-refractivity contribution is 5.97. The smallest absolute Gasteiger partial charge is 0.229 e. The molecule has 0 radical (unpaired) electrons. The third-order valence-electron chi connectivity index (χ3n) is 4.12. The molecule has 5 heteroatoms. The minimum absolute atomic E-state index is 0.00370. The molecular formula is C17H24N2O3. The molecule has 1 N–H and O–H groups in total. The summed E-state index contributed by atoms with van der Waals surface area (Å²) in [7, 11) is 1.61. The van der Waals surface area contributed by atoms with Crippen molar-refractivity contribution in [3.8, 4) is 0 Å². The lowest BCUT2D eigenvalue weighted by atomic mass is 10.1. The van der Waals surface area contributed by atoms with Crippen LogP contribution < -0.4 is 5.32 Å². The predicted molar refractivity (Wildman–Crippen MR) is 85.7 cm³/mol. The number of methoxy groups -OCH3 is 1. The van der Waals surface area contributed by atoms with Gasteiger partial charge < -0.3 is 15.0 Å². The van der Waals surface area contributed by atoms with Gasteiger partial charge in [-0.3, -0.25) is 9.59 Å². The van der Waals surface area contributed by atoms with Crippen LogP contribution in [-0.2, 0) is 14.3 Å². The van der Waals surface area contributed by atoms with Crippen LogP contribution in [0.1, 0.15) is 24.5 Å². The maximum atomic E-state index is 12.4. The van der Waals surface area contributed by atoms with Gasteiger partial charge in [0.2, 0.25) is 11.8 Å². The van der Waals surface area contributed by atoms with Crippen molar-refractivity contribution in [3.05, 3.63) is 29.3 Å². The van der Waals surface area contributed by atoms with E-state index in [2.05, 4.69) is 5.32 Å². The number of ether oxygens (including phenoxy) is 1. The number of carbonyl (C=O) groups is 2. The van der Waals surface area contributed by atoms with Gasteiger partial charge in [-0.05, 0) is 38.0 Å². The third kappa shape index (κ3) is 3.65. The van der Waals surface area contributed by atoms with Gasteiger partial charge in [-0.15, -0.1) is 0 Å². The number of nitrogens with one attached hydrogen (secondary N) is 1. The van der Waals surface area contributed by atoms with Gasteiger partial charge in [-0.1, -0.05) is 12.1 Å². The number of hydrogen-bond donors (Lipinski definition) is 1. The molecule has 1 aliphatic rings. The van der Waals surface area contributed by atoms with Crippen LogP contribution in [0.25, 0.3) is 0 Å². The van der Waals surface area contributed by atoms with Crippen molar-refractivity contribution in [1.29, 1.82) is 0 Å². The lowest BCUT2D eigenvalue weighted by Crippen LogP contribution is -2.38. The molecular weight excluding hydrogens is 280 g/mol. The number of benzene rings is 1. The summed E-state index contributed by atoms with van der Waals surface area (Å²) in [5.41, 5.74) is 2.94. The van der Waals surface area contributed by atoms with Crippen molar-refractivity contribution in [3.63, 3.8) is 0 Å². The van der Waals surface area contributed by atoms with Gasteiger partial charge in [0.1, 0.15) is 0 Å². The quantitative estimate of drug-likeness (QED) is 0.906. The summed E-state index contributed by atoms with van der Waals surface area (Å²) in [5.74, 6) is -0.369. The molecule has 1 heterocycles. The van der Waals surface area contributed by atoms with Crippen LogP contribution in [0, 0.1) is 19.8 Å². The molecule has 1 fully saturated rings. The zero-order valence-electron chi connectivity index (χ0n) is 13.7. The highest BCUT2D eigenvalue weighted by atomic mass is 16.5. The van der Waals surface area contributed by atoms with E-state index in [1.165, 1.54) is 0 Å². The molecule has 1 aromatic carbocycles. The molecule has 1 aliphatic heterocycles. The number of amides is 2. The average Bonchev–Trinajstić information content (AvgIpc) is 2.85. The Balaban J connectivity index is 2.02. The summed E-state index contributed by atoms with van der Waals surface area (Å²) < 4.78 is 5.09. The molecule has 22 heavy (non-hydrogen) atoms. The van der Waals surface area contributed by atoms with Gasteiger partial charge in [-0.25, -0.2) is 0 Å². The number of nitrogens with zero attached hydrogens (tertiary/aromatic N) is 1. The fraction of sp³-hybridized carbons (Fsp3) is 0.529. The zero-order valence-corrected chi connectivity index (χ0v) is 13.7. The van der Waals surface area contributed by atoms with Crippen LogP contribution in [0.4, 0.5) is 5.69 Å². The summed E-state index contributed by atoms with van der Waals surface area (Å²) >= 11 is 0. The summed E-state index contributed by atoms with van der Waals surface area (Å²) in [6, 6.07) is 5.95. The molecule has 2 atom stereocenters. The molecule has 2 rings (SSSR count). The Bertz CT molecular complexity index is 571. The van der Waals surface area contributed by atoms with Crippen molar-refractivity contribution >= 4 is 17.5 Å². The molecule has 2 amide bonds. The SMILES string of the molecule is COCC(C)N1CC(C(=O)Nc2cc(C)ccc2C)CC1=O. The largest absolute Gasteiger partial charge is 0.383 e. The van der Waals surface area contributed by atoms with E-state index >= 15 is 0 Å². The van der Waals surface area contributed by atoms with Gasteiger partial charge in [0.15, 0.2) is 0 Å². The molecule has 5 nitrogen and oxygen atoms in total. The van der Waals surface area contributed by atoms with E-state index in [0.717, 1.165) is 16.8 Å². The number of rotatable bonds is 5. The monoisotopic (exact) mass is 304 g/mol. The Hall–Kier alpha value is -1.88. The van der Waals surface area contributed by atoms with E-state index in [-0.39, 0.29) is 30.2 Å². The van der Waals surface area contributed by atoms with Crippen LogP contribution in [0.3, 0.4) is 0 Å². The van der Waals surface area contributed by atoms with Crippen LogP contribution in [0.15, 0.2) is 18.2 Å². The number of hydrogen-bond acceptors (Lipinski definition) is 3. The lowest BCUT2D eigenvalue weighted by Gasteiger charge is -2.24. The summed E-state index contributed by atoms with van der Waals surface area (Å²) in [6.45, 7) is 6.83. The fourth-order valence-electron chi connectivity index (χ4n) is 2.77. The van der Waals surface area contributed by atoms with Gasteiger partial charge in [0, 0.05) is 25.8 Å². The molecule has 0 saturated carbocycles. The summed E-state index contributed by atoms with van der Waals surface area (Å²) in [4.78, 5) is 26.2. The highest BCUT2D eigenvalue weighted by Gasteiger charge is 2.36. The molecule has 1 aromatic rings. The molecule has 0 spiro atoms. The van der Waals surface area contributed by atoms with Crippen LogP contribution in [0.2, 0.25) is 0 Å². The maximum Gasteiger partial charge on any atom is 0.229 e. The second kappa shape index (κ2) is 6.92. The standard InChI is InChI=1S/C17H24N2O3/c1-11-5-6-12(2)15(7-11)18-17(21)14-8-16(20)19(9-14)13(3)10-22-4/h5-7,13-14H,8-10H2,1-4H3,(H,18,21). The first-order valence-electron chi connectivity index (χ1n) is 7.59. The number of aryl methyl sites for hydroxylation is 2. The maximum absolute atomic E-state index is 12.4. The van der Waals surface area contributed by atoms with E-state index in [0.29, 0.717) is 13.2 Å². The van der Waals surface area contributed by atoms with Crippen LogP contribution in [0.5, 0.6) is 0 Å². The van der Waals surface area contributed by atoms with Crippen molar-refractivity contribution in [2.24, 2.45) is 5.92 Å². The summed E-state index contributed by atoms with van der Waals surface area (Å²) in [6.07, 6.45) is 0.269. The topological polar surface area (TPSA) is 58.6 Å². The molecule has 0 bridgehead atoms. The normalized spacial score (nSPS) is 19.4. The lowest BCUT2D eigenvalue weighted by molar-refractivity contribution is -0.130.